The summed E-state index contributed by atoms with van der Waals surface area (Å²) < 4.78 is 37.8. The van der Waals surface area contributed by atoms with Crippen molar-refractivity contribution in [2.75, 3.05) is 21.1 Å². The van der Waals surface area contributed by atoms with Crippen molar-refractivity contribution in [2.24, 2.45) is 0 Å². The van der Waals surface area contributed by atoms with Crippen LogP contribution in [0.15, 0.2) is 47.4 Å². The SMILES string of the molecule is Cc1c(C(=O)Oc2ccccc2S(=O)(=O)O)cccc1[N+](C)(C)C. The molecule has 0 saturated heterocycles. The Morgan fingerprint density at radius 3 is 2.25 bits per heavy atom. The van der Waals surface area contributed by atoms with E-state index in [1.807, 2.05) is 34.1 Å². The lowest BCUT2D eigenvalue weighted by atomic mass is 10.1. The quantitative estimate of drug-likeness (QED) is 0.397. The first-order valence-corrected chi connectivity index (χ1v) is 8.66. The van der Waals surface area contributed by atoms with Crippen molar-refractivity contribution in [2.45, 2.75) is 11.8 Å². The van der Waals surface area contributed by atoms with Crippen LogP contribution < -0.4 is 9.22 Å². The maximum atomic E-state index is 12.5. The average molecular weight is 350 g/mol. The van der Waals surface area contributed by atoms with Gasteiger partial charge in [-0.25, -0.2) is 4.79 Å². The molecule has 0 heterocycles. The molecule has 128 valence electrons. The van der Waals surface area contributed by atoms with Gasteiger partial charge in [-0.2, -0.15) is 8.42 Å². The summed E-state index contributed by atoms with van der Waals surface area (Å²) >= 11 is 0. The minimum Gasteiger partial charge on any atom is -0.421 e. The molecule has 0 amide bonds. The molecule has 0 spiro atoms. The summed E-state index contributed by atoms with van der Waals surface area (Å²) in [5.41, 5.74) is 2.03. The summed E-state index contributed by atoms with van der Waals surface area (Å²) in [6.07, 6.45) is 0. The Bertz CT molecular complexity index is 882. The first-order chi connectivity index (χ1) is 11.0. The van der Waals surface area contributed by atoms with Crippen molar-refractivity contribution in [1.82, 2.24) is 4.48 Å². The molecule has 6 nitrogen and oxygen atoms in total. The topological polar surface area (TPSA) is 80.7 Å². The molecule has 0 unspecified atom stereocenters. The van der Waals surface area contributed by atoms with Gasteiger partial charge in [-0.15, -0.1) is 0 Å². The van der Waals surface area contributed by atoms with E-state index in [1.54, 1.807) is 12.1 Å². The van der Waals surface area contributed by atoms with E-state index in [2.05, 4.69) is 0 Å². The molecule has 0 bridgehead atoms. The second-order valence-electron chi connectivity index (χ2n) is 6.27. The smallest absolute Gasteiger partial charge is 0.344 e. The van der Waals surface area contributed by atoms with Gasteiger partial charge in [-0.3, -0.25) is 9.04 Å². The predicted octanol–water partition coefficient (Wildman–Crippen LogP) is 2.66. The monoisotopic (exact) mass is 350 g/mol. The highest BCUT2D eigenvalue weighted by atomic mass is 32.2. The molecule has 1 N–H and O–H groups in total. The van der Waals surface area contributed by atoms with E-state index >= 15 is 0 Å². The fraction of sp³-hybridized carbons (Fsp3) is 0.235. The number of carbonyl (C=O) groups is 1. The van der Waals surface area contributed by atoms with Crippen molar-refractivity contribution < 1.29 is 22.5 Å². The lowest BCUT2D eigenvalue weighted by Crippen LogP contribution is -2.35. The second-order valence-corrected chi connectivity index (χ2v) is 7.66. The van der Waals surface area contributed by atoms with Crippen LogP contribution in [0.3, 0.4) is 0 Å². The summed E-state index contributed by atoms with van der Waals surface area (Å²) in [5, 5.41) is 0. The molecule has 0 aliphatic carbocycles. The molecule has 0 aliphatic heterocycles. The third-order valence-electron chi connectivity index (χ3n) is 3.58. The standard InChI is InChI=1S/C17H19NO5S/c1-12-13(8-7-9-14(12)18(2,3)4)17(19)23-15-10-5-6-11-16(15)24(20,21)22/h5-11H,1-4H3/p+1. The zero-order valence-corrected chi connectivity index (χ0v) is 14.8. The van der Waals surface area contributed by atoms with Gasteiger partial charge in [0, 0.05) is 5.56 Å². The lowest BCUT2D eigenvalue weighted by molar-refractivity contribution is 0.0729. The van der Waals surface area contributed by atoms with Crippen molar-refractivity contribution in [3.63, 3.8) is 0 Å². The molecule has 0 aromatic heterocycles. The van der Waals surface area contributed by atoms with E-state index in [0.717, 1.165) is 11.3 Å². The molecule has 0 fully saturated rings. The summed E-state index contributed by atoms with van der Waals surface area (Å²) in [6.45, 7) is 1.81. The van der Waals surface area contributed by atoms with E-state index in [-0.39, 0.29) is 5.75 Å². The van der Waals surface area contributed by atoms with Crippen molar-refractivity contribution in [1.29, 1.82) is 0 Å². The number of carbonyl (C=O) groups excluding carboxylic acids is 1. The van der Waals surface area contributed by atoms with Gasteiger partial charge in [0.1, 0.15) is 10.6 Å². The highest BCUT2D eigenvalue weighted by Gasteiger charge is 2.23. The minimum absolute atomic E-state index is 0.208. The van der Waals surface area contributed by atoms with E-state index in [1.165, 1.54) is 24.3 Å². The third kappa shape index (κ3) is 3.81. The van der Waals surface area contributed by atoms with Gasteiger partial charge in [-0.1, -0.05) is 18.2 Å². The van der Waals surface area contributed by atoms with E-state index < -0.39 is 21.0 Å². The number of para-hydroxylation sites is 1. The maximum Gasteiger partial charge on any atom is 0.344 e. The molecule has 7 heteroatoms. The zero-order chi connectivity index (χ0) is 18.1. The number of rotatable bonds is 4. The summed E-state index contributed by atoms with van der Waals surface area (Å²) in [7, 11) is 1.45. The van der Waals surface area contributed by atoms with Crippen molar-refractivity contribution in [3.05, 3.63) is 53.6 Å². The second kappa shape index (κ2) is 6.35. The molecule has 0 radical (unpaired) electrons. The molecule has 0 atom stereocenters. The molecule has 0 saturated carbocycles. The van der Waals surface area contributed by atoms with Crippen LogP contribution in [-0.2, 0) is 10.1 Å². The number of esters is 1. The Kier molecular flexibility index (Phi) is 4.80. The summed E-state index contributed by atoms with van der Waals surface area (Å²) in [5.74, 6) is -0.890. The van der Waals surface area contributed by atoms with Crippen LogP contribution in [0.5, 0.6) is 5.75 Å². The number of hydrogen-bond donors (Lipinski definition) is 1. The van der Waals surface area contributed by atoms with Gasteiger partial charge in [-0.05, 0) is 31.2 Å². The van der Waals surface area contributed by atoms with Crippen LogP contribution in [-0.4, -0.2) is 40.1 Å². The van der Waals surface area contributed by atoms with Crippen molar-refractivity contribution in [3.8, 4) is 5.75 Å². The number of nitrogens with zero attached hydrogens (tertiary/aromatic N) is 1. The zero-order valence-electron chi connectivity index (χ0n) is 14.0. The Balaban J connectivity index is 2.43. The number of hydrogen-bond acceptors (Lipinski definition) is 4. The highest BCUT2D eigenvalue weighted by molar-refractivity contribution is 7.86. The van der Waals surface area contributed by atoms with Gasteiger partial charge in [0.25, 0.3) is 10.1 Å². The predicted molar refractivity (Wildman–Crippen MR) is 92.0 cm³/mol. The Morgan fingerprint density at radius 2 is 1.67 bits per heavy atom. The van der Waals surface area contributed by atoms with Gasteiger partial charge < -0.3 is 4.74 Å². The largest absolute Gasteiger partial charge is 0.421 e. The fourth-order valence-corrected chi connectivity index (χ4v) is 3.09. The molecular formula is C17H20NO5S+. The Labute approximate surface area is 141 Å². The number of quaternary nitrogens is 1. The molecule has 2 rings (SSSR count). The Morgan fingerprint density at radius 1 is 1.04 bits per heavy atom. The highest BCUT2D eigenvalue weighted by Crippen LogP contribution is 2.28. The number of benzene rings is 2. The maximum absolute atomic E-state index is 12.5. The first kappa shape index (κ1) is 18.1. The summed E-state index contributed by atoms with van der Waals surface area (Å²) in [4.78, 5) is 12.0. The van der Waals surface area contributed by atoms with Crippen LogP contribution in [0.25, 0.3) is 0 Å². The van der Waals surface area contributed by atoms with E-state index in [9.17, 15) is 17.8 Å². The summed E-state index contributed by atoms with van der Waals surface area (Å²) in [6, 6.07) is 10.7. The van der Waals surface area contributed by atoms with Crippen molar-refractivity contribution >= 4 is 21.8 Å². The van der Waals surface area contributed by atoms with E-state index in [0.29, 0.717) is 10.0 Å². The number of ether oxygens (including phenoxy) is 1. The third-order valence-corrected chi connectivity index (χ3v) is 4.47. The molecule has 24 heavy (non-hydrogen) atoms. The lowest BCUT2D eigenvalue weighted by Gasteiger charge is -2.26. The van der Waals surface area contributed by atoms with Crippen LogP contribution in [0, 0.1) is 6.92 Å². The van der Waals surface area contributed by atoms with Gasteiger partial charge >= 0.3 is 5.97 Å². The van der Waals surface area contributed by atoms with Crippen LogP contribution in [0.4, 0.5) is 5.69 Å². The average Bonchev–Trinajstić information content (AvgIpc) is 2.45. The first-order valence-electron chi connectivity index (χ1n) is 7.22. The van der Waals surface area contributed by atoms with E-state index in [4.69, 9.17) is 4.74 Å². The Hall–Kier alpha value is -2.22. The normalized spacial score (nSPS) is 12.0. The van der Waals surface area contributed by atoms with Gasteiger partial charge in [0.15, 0.2) is 5.75 Å². The van der Waals surface area contributed by atoms with Gasteiger partial charge in [0.2, 0.25) is 0 Å². The molecule has 2 aromatic rings. The van der Waals surface area contributed by atoms with Crippen LogP contribution in [0.2, 0.25) is 0 Å². The molecule has 2 aromatic carbocycles. The van der Waals surface area contributed by atoms with Crippen LogP contribution in [0.1, 0.15) is 15.9 Å². The minimum atomic E-state index is -4.48. The molecular weight excluding hydrogens is 330 g/mol. The molecule has 0 aliphatic rings. The fourth-order valence-electron chi connectivity index (χ4n) is 2.47. The van der Waals surface area contributed by atoms with Crippen LogP contribution >= 0.6 is 0 Å². The van der Waals surface area contributed by atoms with Gasteiger partial charge in [0.05, 0.1) is 26.7 Å².